The summed E-state index contributed by atoms with van der Waals surface area (Å²) in [6.45, 7) is 5.90. The lowest BCUT2D eigenvalue weighted by Gasteiger charge is -2.30. The van der Waals surface area contributed by atoms with Crippen LogP contribution in [-0.4, -0.2) is 23.9 Å². The van der Waals surface area contributed by atoms with Gasteiger partial charge in [0.05, 0.1) is 10.6 Å². The van der Waals surface area contributed by atoms with Crippen LogP contribution in [0.2, 0.25) is 5.02 Å². The summed E-state index contributed by atoms with van der Waals surface area (Å²) in [7, 11) is 0. The molecular weight excluding hydrogens is 348 g/mol. The van der Waals surface area contributed by atoms with E-state index in [4.69, 9.17) is 11.6 Å². The van der Waals surface area contributed by atoms with Crippen molar-refractivity contribution in [3.63, 3.8) is 0 Å². The number of hydrogen-bond acceptors (Lipinski definition) is 2. The maximum Gasteiger partial charge on any atom is 0.253 e. The van der Waals surface area contributed by atoms with E-state index in [1.54, 1.807) is 24.3 Å². The van der Waals surface area contributed by atoms with Crippen molar-refractivity contribution in [2.24, 2.45) is 5.92 Å². The van der Waals surface area contributed by atoms with Gasteiger partial charge in [-0.15, -0.1) is 0 Å². The van der Waals surface area contributed by atoms with Gasteiger partial charge in [0.1, 0.15) is 6.04 Å². The minimum absolute atomic E-state index is 0.0473. The van der Waals surface area contributed by atoms with E-state index in [0.717, 1.165) is 17.7 Å². The van der Waals surface area contributed by atoms with Gasteiger partial charge in [-0.3, -0.25) is 9.59 Å². The van der Waals surface area contributed by atoms with Crippen molar-refractivity contribution in [1.82, 2.24) is 5.32 Å². The van der Waals surface area contributed by atoms with Crippen LogP contribution >= 0.6 is 11.6 Å². The molecule has 1 heterocycles. The number of hydrogen-bond donors (Lipinski definition) is 1. The number of benzene rings is 2. The van der Waals surface area contributed by atoms with Gasteiger partial charge in [-0.25, -0.2) is 0 Å². The Morgan fingerprint density at radius 3 is 2.46 bits per heavy atom. The molecule has 2 unspecified atom stereocenters. The third-order valence-electron chi connectivity index (χ3n) is 4.78. The summed E-state index contributed by atoms with van der Waals surface area (Å²) >= 11 is 6.12. The van der Waals surface area contributed by atoms with Crippen LogP contribution in [0.25, 0.3) is 0 Å². The number of nitrogens with one attached hydrogen (secondary N) is 1. The van der Waals surface area contributed by atoms with E-state index in [1.165, 1.54) is 0 Å². The number of halogens is 1. The normalized spacial score (nSPS) is 17.1. The van der Waals surface area contributed by atoms with Gasteiger partial charge in [-0.2, -0.15) is 0 Å². The maximum atomic E-state index is 13.3. The number of nitrogens with zero attached hydrogens (tertiary/aromatic N) is 1. The third-order valence-corrected chi connectivity index (χ3v) is 5.11. The van der Waals surface area contributed by atoms with Gasteiger partial charge < -0.3 is 10.2 Å². The quantitative estimate of drug-likeness (QED) is 0.881. The van der Waals surface area contributed by atoms with E-state index in [1.807, 2.05) is 49.9 Å². The van der Waals surface area contributed by atoms with Crippen LogP contribution in [0.3, 0.4) is 0 Å². The molecule has 1 aliphatic heterocycles. The minimum atomic E-state index is -0.618. The maximum absolute atomic E-state index is 13.3. The van der Waals surface area contributed by atoms with Crippen molar-refractivity contribution in [3.05, 3.63) is 64.7 Å². The monoisotopic (exact) mass is 370 g/mol. The lowest BCUT2D eigenvalue weighted by molar-refractivity contribution is -0.121. The van der Waals surface area contributed by atoms with E-state index in [2.05, 4.69) is 5.32 Å². The topological polar surface area (TPSA) is 49.4 Å². The molecule has 136 valence electrons. The molecule has 0 radical (unpaired) electrons. The summed E-state index contributed by atoms with van der Waals surface area (Å²) in [5.41, 5.74) is 2.47. The standard InChI is InChI=1S/C21H23ClN2O2/c1-13(2)19(23-20(25)16-9-5-6-10-17(16)22)21(26)24-14(3)12-15-8-4-7-11-18(15)24/h4-11,13-14,19H,12H2,1-3H3,(H,23,25). The van der Waals surface area contributed by atoms with Crippen LogP contribution in [0.1, 0.15) is 36.7 Å². The Bertz CT molecular complexity index is 834. The molecule has 0 bridgehead atoms. The molecule has 1 N–H and O–H groups in total. The summed E-state index contributed by atoms with van der Waals surface area (Å²) < 4.78 is 0. The summed E-state index contributed by atoms with van der Waals surface area (Å²) in [5.74, 6) is -0.463. The molecule has 26 heavy (non-hydrogen) atoms. The number of anilines is 1. The Morgan fingerprint density at radius 1 is 1.12 bits per heavy atom. The fraction of sp³-hybridized carbons (Fsp3) is 0.333. The molecule has 5 heteroatoms. The zero-order valence-electron chi connectivity index (χ0n) is 15.2. The largest absolute Gasteiger partial charge is 0.340 e. The van der Waals surface area contributed by atoms with Crippen LogP contribution < -0.4 is 10.2 Å². The van der Waals surface area contributed by atoms with Gasteiger partial charge >= 0.3 is 0 Å². The molecule has 0 fully saturated rings. The second-order valence-corrected chi connectivity index (χ2v) is 7.47. The number of para-hydroxylation sites is 1. The zero-order chi connectivity index (χ0) is 18.8. The zero-order valence-corrected chi connectivity index (χ0v) is 16.0. The lowest BCUT2D eigenvalue weighted by Crippen LogP contribution is -2.52. The Kier molecular flexibility index (Phi) is 5.33. The Morgan fingerprint density at radius 2 is 1.77 bits per heavy atom. The molecule has 0 saturated heterocycles. The van der Waals surface area contributed by atoms with Crippen LogP contribution in [0, 0.1) is 5.92 Å². The SMILES string of the molecule is CC(C)C(NC(=O)c1ccccc1Cl)C(=O)N1c2ccccc2CC1C. The van der Waals surface area contributed by atoms with Crippen LogP contribution in [0.5, 0.6) is 0 Å². The fourth-order valence-electron chi connectivity index (χ4n) is 3.43. The van der Waals surface area contributed by atoms with Crippen molar-refractivity contribution in [3.8, 4) is 0 Å². The molecular formula is C21H23ClN2O2. The highest BCUT2D eigenvalue weighted by molar-refractivity contribution is 6.33. The van der Waals surface area contributed by atoms with E-state index in [-0.39, 0.29) is 23.8 Å². The first-order chi connectivity index (χ1) is 12.4. The first-order valence-electron chi connectivity index (χ1n) is 8.86. The fourth-order valence-corrected chi connectivity index (χ4v) is 3.65. The molecule has 3 rings (SSSR count). The van der Waals surface area contributed by atoms with Gasteiger partial charge in [0.2, 0.25) is 5.91 Å². The molecule has 0 spiro atoms. The van der Waals surface area contributed by atoms with Gasteiger partial charge in [-0.05, 0) is 43.0 Å². The summed E-state index contributed by atoms with van der Waals surface area (Å²) in [5, 5.41) is 3.26. The molecule has 0 saturated carbocycles. The first kappa shape index (κ1) is 18.5. The number of fused-ring (bicyclic) bond motifs is 1. The Labute approximate surface area is 159 Å². The molecule has 2 aromatic carbocycles. The highest BCUT2D eigenvalue weighted by Gasteiger charge is 2.36. The van der Waals surface area contributed by atoms with Gasteiger partial charge in [0, 0.05) is 11.7 Å². The smallest absolute Gasteiger partial charge is 0.253 e. The van der Waals surface area contributed by atoms with Crippen LogP contribution in [0.4, 0.5) is 5.69 Å². The average molecular weight is 371 g/mol. The summed E-state index contributed by atoms with van der Waals surface area (Å²) in [6.07, 6.45) is 0.825. The lowest BCUT2D eigenvalue weighted by atomic mass is 10.0. The second-order valence-electron chi connectivity index (χ2n) is 7.07. The van der Waals surface area contributed by atoms with Crippen LogP contribution in [0.15, 0.2) is 48.5 Å². The molecule has 2 aromatic rings. The number of carbonyl (C=O) groups is 2. The third kappa shape index (κ3) is 3.47. The Hall–Kier alpha value is -2.33. The number of carbonyl (C=O) groups excluding carboxylic acids is 2. The predicted molar refractivity (Wildman–Crippen MR) is 105 cm³/mol. The van der Waals surface area contributed by atoms with E-state index in [0.29, 0.717) is 10.6 Å². The van der Waals surface area contributed by atoms with Crippen LogP contribution in [-0.2, 0) is 11.2 Å². The van der Waals surface area contributed by atoms with Crippen molar-refractivity contribution in [1.29, 1.82) is 0 Å². The van der Waals surface area contributed by atoms with E-state index in [9.17, 15) is 9.59 Å². The van der Waals surface area contributed by atoms with Crippen molar-refractivity contribution < 1.29 is 9.59 Å². The first-order valence-corrected chi connectivity index (χ1v) is 9.24. The van der Waals surface area contributed by atoms with Gasteiger partial charge in [0.15, 0.2) is 0 Å². The van der Waals surface area contributed by atoms with E-state index < -0.39 is 6.04 Å². The molecule has 4 nitrogen and oxygen atoms in total. The van der Waals surface area contributed by atoms with Gasteiger partial charge in [0.25, 0.3) is 5.91 Å². The van der Waals surface area contributed by atoms with E-state index >= 15 is 0 Å². The molecule has 0 aliphatic carbocycles. The predicted octanol–water partition coefficient (Wildman–Crippen LogP) is 4.07. The van der Waals surface area contributed by atoms with Crippen molar-refractivity contribution in [2.75, 3.05) is 4.90 Å². The minimum Gasteiger partial charge on any atom is -0.340 e. The molecule has 0 aromatic heterocycles. The Balaban J connectivity index is 1.86. The second kappa shape index (κ2) is 7.50. The average Bonchev–Trinajstić information content (AvgIpc) is 2.94. The number of rotatable bonds is 4. The molecule has 2 atom stereocenters. The molecule has 1 aliphatic rings. The van der Waals surface area contributed by atoms with Gasteiger partial charge in [-0.1, -0.05) is 55.8 Å². The highest BCUT2D eigenvalue weighted by atomic mass is 35.5. The molecule has 2 amide bonds. The summed E-state index contributed by atoms with van der Waals surface area (Å²) in [4.78, 5) is 27.8. The van der Waals surface area contributed by atoms with Crippen molar-refractivity contribution in [2.45, 2.75) is 39.3 Å². The highest BCUT2D eigenvalue weighted by Crippen LogP contribution is 2.33. The number of amides is 2. The van der Waals surface area contributed by atoms with Crippen molar-refractivity contribution >= 4 is 29.1 Å². The summed E-state index contributed by atoms with van der Waals surface area (Å²) in [6, 6.07) is 14.2.